The van der Waals surface area contributed by atoms with Crippen LogP contribution in [0.1, 0.15) is 47.2 Å². The lowest BCUT2D eigenvalue weighted by molar-refractivity contribution is -0.145. The van der Waals surface area contributed by atoms with Crippen molar-refractivity contribution in [3.63, 3.8) is 0 Å². The first kappa shape index (κ1) is 25.4. The molecule has 2 aromatic carbocycles. The van der Waals surface area contributed by atoms with Crippen LogP contribution in [0, 0.1) is 5.92 Å². The van der Waals surface area contributed by atoms with Crippen LogP contribution < -0.4 is 0 Å². The Kier molecular flexibility index (Phi) is 9.10. The molecule has 1 heterocycles. The third-order valence-corrected chi connectivity index (χ3v) is 6.70. The van der Waals surface area contributed by atoms with Gasteiger partial charge in [-0.15, -0.1) is 0 Å². The van der Waals surface area contributed by atoms with Crippen LogP contribution in [0.5, 0.6) is 0 Å². The summed E-state index contributed by atoms with van der Waals surface area (Å²) in [7, 11) is 3.05. The van der Waals surface area contributed by atoms with Gasteiger partial charge in [0.1, 0.15) is 0 Å². The lowest BCUT2D eigenvalue weighted by atomic mass is 9.85. The zero-order chi connectivity index (χ0) is 23.8. The molecule has 176 valence electrons. The number of ether oxygens (including phenoxy) is 3. The van der Waals surface area contributed by atoms with Gasteiger partial charge in [0, 0.05) is 39.6 Å². The summed E-state index contributed by atoms with van der Waals surface area (Å²) < 4.78 is 16.2. The Balaban J connectivity index is 1.68. The summed E-state index contributed by atoms with van der Waals surface area (Å²) >= 11 is 12.3. The Labute approximate surface area is 204 Å². The summed E-state index contributed by atoms with van der Waals surface area (Å²) in [5, 5.41) is 0.537. The van der Waals surface area contributed by atoms with E-state index in [-0.39, 0.29) is 33.4 Å². The molecule has 2 aromatic rings. The van der Waals surface area contributed by atoms with Crippen molar-refractivity contribution in [3.8, 4) is 0 Å². The van der Waals surface area contributed by atoms with E-state index < -0.39 is 11.9 Å². The van der Waals surface area contributed by atoms with Crippen molar-refractivity contribution >= 4 is 41.0 Å². The van der Waals surface area contributed by atoms with Gasteiger partial charge in [0.2, 0.25) is 0 Å². The summed E-state index contributed by atoms with van der Waals surface area (Å²) in [4.78, 5) is 25.1. The third kappa shape index (κ3) is 6.24. The topological polar surface area (TPSA) is 61.8 Å². The maximum absolute atomic E-state index is 12.8. The third-order valence-electron chi connectivity index (χ3n) is 6.07. The first-order chi connectivity index (χ1) is 15.9. The fourth-order valence-corrected chi connectivity index (χ4v) is 4.71. The minimum Gasteiger partial charge on any atom is -0.469 e. The fourth-order valence-electron chi connectivity index (χ4n) is 4.10. The zero-order valence-electron chi connectivity index (χ0n) is 18.8. The lowest BCUT2D eigenvalue weighted by Gasteiger charge is -2.36. The van der Waals surface area contributed by atoms with Crippen molar-refractivity contribution < 1.29 is 23.8 Å². The van der Waals surface area contributed by atoms with Gasteiger partial charge in [0.05, 0.1) is 34.2 Å². The van der Waals surface area contributed by atoms with Crippen LogP contribution >= 0.6 is 23.2 Å². The van der Waals surface area contributed by atoms with Crippen molar-refractivity contribution in [3.05, 3.63) is 75.3 Å². The molecule has 1 atom stereocenters. The van der Waals surface area contributed by atoms with E-state index in [2.05, 4.69) is 12.1 Å². The smallest absolute Gasteiger partial charge is 0.309 e. The summed E-state index contributed by atoms with van der Waals surface area (Å²) in [6.45, 7) is 1.37. The Morgan fingerprint density at radius 3 is 2.27 bits per heavy atom. The van der Waals surface area contributed by atoms with E-state index in [0.29, 0.717) is 19.6 Å². The molecule has 7 heteroatoms. The number of allylic oxidation sites excluding steroid dienone is 1. The molecule has 0 aliphatic carbocycles. The van der Waals surface area contributed by atoms with Gasteiger partial charge in [0.15, 0.2) is 5.78 Å². The Morgan fingerprint density at radius 1 is 1.06 bits per heavy atom. The number of carbonyl (C=O) groups is 2. The van der Waals surface area contributed by atoms with Gasteiger partial charge in [-0.1, -0.05) is 65.7 Å². The highest BCUT2D eigenvalue weighted by molar-refractivity contribution is 6.39. The summed E-state index contributed by atoms with van der Waals surface area (Å²) in [5.74, 6) is -1.38. The molecule has 0 bridgehead atoms. The van der Waals surface area contributed by atoms with Crippen LogP contribution in [0.3, 0.4) is 0 Å². The van der Waals surface area contributed by atoms with E-state index in [1.54, 1.807) is 25.3 Å². The SMILES string of the molecule is COC(=O)[C@H](C/C=C/c1ccc(C2(OC)CCOCC2)cc1)CC(=O)c1c(Cl)cccc1Cl. The Hall–Kier alpha value is -2.18. The number of halogens is 2. The van der Waals surface area contributed by atoms with Crippen LogP contribution in [-0.4, -0.2) is 39.2 Å². The molecule has 1 aliphatic heterocycles. The second-order valence-electron chi connectivity index (χ2n) is 8.01. The minimum atomic E-state index is -0.635. The first-order valence-corrected chi connectivity index (χ1v) is 11.6. The number of hydrogen-bond acceptors (Lipinski definition) is 5. The number of esters is 1. The van der Waals surface area contributed by atoms with Crippen molar-refractivity contribution in [2.75, 3.05) is 27.4 Å². The predicted octanol–water partition coefficient (Wildman–Crippen LogP) is 6.11. The Morgan fingerprint density at radius 2 is 1.70 bits per heavy atom. The molecule has 0 spiro atoms. The van der Waals surface area contributed by atoms with Gasteiger partial charge in [-0.3, -0.25) is 9.59 Å². The number of ketones is 1. The van der Waals surface area contributed by atoms with Crippen molar-refractivity contribution in [2.45, 2.75) is 31.3 Å². The monoisotopic (exact) mass is 490 g/mol. The maximum Gasteiger partial charge on any atom is 0.309 e. The minimum absolute atomic E-state index is 0.0438. The number of rotatable bonds is 9. The fraction of sp³-hybridized carbons (Fsp3) is 0.385. The van der Waals surface area contributed by atoms with Crippen molar-refractivity contribution in [1.82, 2.24) is 0 Å². The number of methoxy groups -OCH3 is 2. The number of carbonyl (C=O) groups excluding carboxylic acids is 2. The molecule has 0 N–H and O–H groups in total. The molecule has 1 fully saturated rings. The molecule has 0 unspecified atom stereocenters. The van der Waals surface area contributed by atoms with Gasteiger partial charge >= 0.3 is 5.97 Å². The molecule has 1 saturated heterocycles. The predicted molar refractivity (Wildman–Crippen MR) is 130 cm³/mol. The van der Waals surface area contributed by atoms with Gasteiger partial charge in [0.25, 0.3) is 0 Å². The molecule has 0 saturated carbocycles. The highest BCUT2D eigenvalue weighted by atomic mass is 35.5. The second kappa shape index (κ2) is 11.8. The second-order valence-corrected chi connectivity index (χ2v) is 8.83. The molecule has 0 radical (unpaired) electrons. The number of Topliss-reactive ketones (excluding diaryl/α,β-unsaturated/α-hetero) is 1. The molecular formula is C26H28Cl2O5. The summed E-state index contributed by atoms with van der Waals surface area (Å²) in [6, 6.07) is 13.0. The van der Waals surface area contributed by atoms with Crippen LogP contribution in [-0.2, 0) is 24.6 Å². The van der Waals surface area contributed by atoms with Crippen LogP contribution in [0.15, 0.2) is 48.5 Å². The molecule has 3 rings (SSSR count). The molecular weight excluding hydrogens is 463 g/mol. The molecule has 0 amide bonds. The van der Waals surface area contributed by atoms with Gasteiger partial charge < -0.3 is 14.2 Å². The van der Waals surface area contributed by atoms with E-state index in [9.17, 15) is 9.59 Å². The van der Waals surface area contributed by atoms with E-state index in [4.69, 9.17) is 37.4 Å². The zero-order valence-corrected chi connectivity index (χ0v) is 20.3. The number of benzene rings is 2. The molecule has 1 aliphatic rings. The van der Waals surface area contributed by atoms with Crippen LogP contribution in [0.25, 0.3) is 6.08 Å². The standard InChI is InChI=1S/C26H28Cl2O5/c1-31-25(30)19(17-23(29)24-21(27)7-4-8-22(24)28)6-3-5-18-9-11-20(12-10-18)26(32-2)13-15-33-16-14-26/h3-5,7-12,19H,6,13-17H2,1-2H3/b5-3+/t19-/m1/s1. The van der Waals surface area contributed by atoms with Gasteiger partial charge in [-0.05, 0) is 29.7 Å². The van der Waals surface area contributed by atoms with E-state index in [1.165, 1.54) is 7.11 Å². The Bertz CT molecular complexity index is 974. The van der Waals surface area contributed by atoms with Crippen molar-refractivity contribution in [1.29, 1.82) is 0 Å². The largest absolute Gasteiger partial charge is 0.469 e. The summed E-state index contributed by atoms with van der Waals surface area (Å²) in [5.41, 5.74) is 2.03. The van der Waals surface area contributed by atoms with Crippen LogP contribution in [0.2, 0.25) is 10.0 Å². The summed E-state index contributed by atoms with van der Waals surface area (Å²) in [6.07, 6.45) is 5.75. The molecule has 0 aromatic heterocycles. The van der Waals surface area contributed by atoms with E-state index in [1.807, 2.05) is 24.3 Å². The highest BCUT2D eigenvalue weighted by Gasteiger charge is 2.34. The number of hydrogen-bond donors (Lipinski definition) is 0. The normalized spacial score (nSPS) is 16.5. The van der Waals surface area contributed by atoms with Gasteiger partial charge in [-0.25, -0.2) is 0 Å². The average molecular weight is 491 g/mol. The lowest BCUT2D eigenvalue weighted by Crippen LogP contribution is -2.35. The molecule has 33 heavy (non-hydrogen) atoms. The van der Waals surface area contributed by atoms with Crippen molar-refractivity contribution in [2.24, 2.45) is 5.92 Å². The quantitative estimate of drug-likeness (QED) is 0.313. The van der Waals surface area contributed by atoms with Gasteiger partial charge in [-0.2, -0.15) is 0 Å². The highest BCUT2D eigenvalue weighted by Crippen LogP contribution is 2.35. The molecule has 5 nitrogen and oxygen atoms in total. The van der Waals surface area contributed by atoms with E-state index >= 15 is 0 Å². The van der Waals surface area contributed by atoms with E-state index in [0.717, 1.165) is 24.0 Å². The first-order valence-electron chi connectivity index (χ1n) is 10.8. The van der Waals surface area contributed by atoms with Crippen LogP contribution in [0.4, 0.5) is 0 Å². The average Bonchev–Trinajstić information content (AvgIpc) is 2.83. The maximum atomic E-state index is 12.8.